The first-order chi connectivity index (χ1) is 17.7. The second-order valence-corrected chi connectivity index (χ2v) is 8.90. The highest BCUT2D eigenvalue weighted by atomic mass is 16.5. The minimum Gasteiger partial charge on any atom is -0.508 e. The Balaban J connectivity index is 1.79. The maximum atomic E-state index is 13.3. The maximum absolute atomic E-state index is 13.3. The van der Waals surface area contributed by atoms with Crippen LogP contribution in [0.2, 0.25) is 0 Å². The van der Waals surface area contributed by atoms with Gasteiger partial charge in [-0.1, -0.05) is 36.4 Å². The number of ether oxygens (including phenoxy) is 2. The fraction of sp³-hybridized carbons (Fsp3) is 0.207. The first kappa shape index (κ1) is 25.5. The fourth-order valence-corrected chi connectivity index (χ4v) is 4.29. The van der Waals surface area contributed by atoms with Gasteiger partial charge in [-0.15, -0.1) is 0 Å². The minimum atomic E-state index is -0.956. The van der Waals surface area contributed by atoms with Gasteiger partial charge in [-0.05, 0) is 61.4 Å². The van der Waals surface area contributed by atoms with Crippen molar-refractivity contribution in [1.29, 1.82) is 0 Å². The Morgan fingerprint density at radius 1 is 0.973 bits per heavy atom. The number of aromatic hydroxyl groups is 1. The molecule has 0 radical (unpaired) electrons. The Morgan fingerprint density at radius 3 is 2.32 bits per heavy atom. The van der Waals surface area contributed by atoms with Gasteiger partial charge in [0.15, 0.2) is 0 Å². The van der Waals surface area contributed by atoms with E-state index in [1.165, 1.54) is 24.1 Å². The van der Waals surface area contributed by atoms with E-state index in [-0.39, 0.29) is 29.7 Å². The van der Waals surface area contributed by atoms with E-state index < -0.39 is 23.7 Å². The summed E-state index contributed by atoms with van der Waals surface area (Å²) in [5, 5.41) is 21.4. The number of carbonyl (C=O) groups excluding carboxylic acids is 3. The molecule has 1 unspecified atom stereocenters. The van der Waals surface area contributed by atoms with Gasteiger partial charge in [0.1, 0.15) is 17.3 Å². The Morgan fingerprint density at radius 2 is 1.68 bits per heavy atom. The van der Waals surface area contributed by atoms with Crippen LogP contribution in [0.4, 0.5) is 0 Å². The zero-order valence-corrected chi connectivity index (χ0v) is 20.7. The molecule has 0 bridgehead atoms. The van der Waals surface area contributed by atoms with Crippen LogP contribution < -0.4 is 4.74 Å². The summed E-state index contributed by atoms with van der Waals surface area (Å²) in [5.74, 6) is -2.00. The van der Waals surface area contributed by atoms with E-state index in [0.29, 0.717) is 28.0 Å². The molecule has 1 aliphatic heterocycles. The van der Waals surface area contributed by atoms with Crippen molar-refractivity contribution in [3.05, 3.63) is 101 Å². The van der Waals surface area contributed by atoms with Crippen LogP contribution in [-0.2, 0) is 20.9 Å². The van der Waals surface area contributed by atoms with Crippen molar-refractivity contribution in [2.45, 2.75) is 32.5 Å². The first-order valence-electron chi connectivity index (χ1n) is 11.7. The lowest BCUT2D eigenvalue weighted by atomic mass is 9.95. The summed E-state index contributed by atoms with van der Waals surface area (Å²) in [5.41, 5.74) is 1.70. The smallest absolute Gasteiger partial charge is 0.337 e. The van der Waals surface area contributed by atoms with Crippen LogP contribution in [0.25, 0.3) is 5.76 Å². The maximum Gasteiger partial charge on any atom is 0.337 e. The van der Waals surface area contributed by atoms with Gasteiger partial charge in [-0.25, -0.2) is 4.79 Å². The second-order valence-electron chi connectivity index (χ2n) is 8.90. The monoisotopic (exact) mass is 501 g/mol. The second kappa shape index (κ2) is 10.6. The molecule has 4 rings (SSSR count). The molecule has 1 fully saturated rings. The van der Waals surface area contributed by atoms with Crippen LogP contribution >= 0.6 is 0 Å². The number of benzene rings is 3. The van der Waals surface area contributed by atoms with E-state index in [0.717, 1.165) is 0 Å². The highest BCUT2D eigenvalue weighted by Gasteiger charge is 2.46. The number of nitrogens with zero attached hydrogens (tertiary/aromatic N) is 1. The number of phenolic OH excluding ortho intramolecular Hbond substituents is 1. The predicted octanol–water partition coefficient (Wildman–Crippen LogP) is 4.59. The van der Waals surface area contributed by atoms with E-state index >= 15 is 0 Å². The van der Waals surface area contributed by atoms with Crippen LogP contribution in [0.3, 0.4) is 0 Å². The number of esters is 1. The Bertz CT molecular complexity index is 1380. The third-order valence-corrected chi connectivity index (χ3v) is 5.93. The molecular formula is C29H27NO7. The van der Waals surface area contributed by atoms with Gasteiger partial charge in [0, 0.05) is 12.1 Å². The van der Waals surface area contributed by atoms with Crippen molar-refractivity contribution in [3.63, 3.8) is 0 Å². The van der Waals surface area contributed by atoms with Gasteiger partial charge in [0.25, 0.3) is 11.7 Å². The third-order valence-electron chi connectivity index (χ3n) is 5.93. The molecule has 1 aliphatic rings. The molecule has 3 aromatic rings. The molecule has 0 saturated carbocycles. The molecule has 1 heterocycles. The molecule has 0 aromatic heterocycles. The van der Waals surface area contributed by atoms with Gasteiger partial charge in [-0.2, -0.15) is 0 Å². The highest BCUT2D eigenvalue weighted by molar-refractivity contribution is 6.46. The lowest BCUT2D eigenvalue weighted by Crippen LogP contribution is -2.29. The fourth-order valence-electron chi connectivity index (χ4n) is 4.29. The first-order valence-corrected chi connectivity index (χ1v) is 11.7. The highest BCUT2D eigenvalue weighted by Crippen LogP contribution is 2.41. The van der Waals surface area contributed by atoms with Gasteiger partial charge < -0.3 is 24.6 Å². The summed E-state index contributed by atoms with van der Waals surface area (Å²) >= 11 is 0. The van der Waals surface area contributed by atoms with E-state index in [2.05, 4.69) is 0 Å². The number of aliphatic hydroxyl groups is 1. The number of aliphatic hydroxyl groups excluding tert-OH is 1. The number of carbonyl (C=O) groups is 3. The molecule has 8 heteroatoms. The molecule has 190 valence electrons. The standard InChI is InChI=1S/C29H27NO7/c1-17(2)37-23-9-5-7-21(15-23)26(32)24-25(20-6-4-8-22(31)14-20)30(28(34)27(24)33)16-18-10-12-19(13-11-18)29(35)36-3/h4-15,17,25,31-32H,16H2,1-3H3/b26-24+. The van der Waals surface area contributed by atoms with Crippen LogP contribution in [0, 0.1) is 0 Å². The summed E-state index contributed by atoms with van der Waals surface area (Å²) in [6.07, 6.45) is -0.0964. The van der Waals surface area contributed by atoms with Crippen molar-refractivity contribution in [3.8, 4) is 11.5 Å². The van der Waals surface area contributed by atoms with Crippen LogP contribution in [0.5, 0.6) is 11.5 Å². The topological polar surface area (TPSA) is 113 Å². The molecule has 1 saturated heterocycles. The average Bonchev–Trinajstić information content (AvgIpc) is 3.13. The van der Waals surface area contributed by atoms with Crippen LogP contribution in [-0.4, -0.2) is 46.0 Å². The third kappa shape index (κ3) is 5.33. The van der Waals surface area contributed by atoms with Crippen LogP contribution in [0.15, 0.2) is 78.4 Å². The van der Waals surface area contributed by atoms with Crippen molar-refractivity contribution in [2.75, 3.05) is 7.11 Å². The Labute approximate surface area is 214 Å². The van der Waals surface area contributed by atoms with E-state index in [1.807, 2.05) is 13.8 Å². The molecule has 1 atom stereocenters. The summed E-state index contributed by atoms with van der Waals surface area (Å²) in [4.78, 5) is 39.6. The largest absolute Gasteiger partial charge is 0.508 e. The SMILES string of the molecule is COC(=O)c1ccc(CN2C(=O)C(=O)/C(=C(/O)c3cccc(OC(C)C)c3)C2c2cccc(O)c2)cc1. The number of amides is 1. The lowest BCUT2D eigenvalue weighted by molar-refractivity contribution is -0.140. The molecule has 37 heavy (non-hydrogen) atoms. The summed E-state index contributed by atoms with van der Waals surface area (Å²) in [7, 11) is 1.29. The number of likely N-dealkylation sites (tertiary alicyclic amines) is 1. The molecule has 1 amide bonds. The van der Waals surface area contributed by atoms with Gasteiger partial charge in [0.05, 0.1) is 30.4 Å². The van der Waals surface area contributed by atoms with Crippen molar-refractivity contribution >= 4 is 23.4 Å². The molecule has 0 aliphatic carbocycles. The summed E-state index contributed by atoms with van der Waals surface area (Å²) in [6, 6.07) is 18.4. The number of methoxy groups -OCH3 is 1. The predicted molar refractivity (Wildman–Crippen MR) is 136 cm³/mol. The molecular weight excluding hydrogens is 474 g/mol. The van der Waals surface area contributed by atoms with E-state index in [4.69, 9.17) is 9.47 Å². The molecule has 0 spiro atoms. The van der Waals surface area contributed by atoms with E-state index in [1.54, 1.807) is 60.7 Å². The molecule has 2 N–H and O–H groups in total. The van der Waals surface area contributed by atoms with Gasteiger partial charge in [0.2, 0.25) is 0 Å². The molecule has 8 nitrogen and oxygen atoms in total. The zero-order valence-electron chi connectivity index (χ0n) is 20.7. The zero-order chi connectivity index (χ0) is 26.7. The number of Topliss-reactive ketones (excluding diaryl/α,β-unsaturated/α-hetero) is 1. The number of rotatable bonds is 7. The number of hydrogen-bond acceptors (Lipinski definition) is 7. The number of ketones is 1. The normalized spacial score (nSPS) is 16.8. The number of phenols is 1. The summed E-state index contributed by atoms with van der Waals surface area (Å²) in [6.45, 7) is 3.77. The Hall–Kier alpha value is -4.59. The van der Waals surface area contributed by atoms with Crippen molar-refractivity contribution in [2.24, 2.45) is 0 Å². The Kier molecular flexibility index (Phi) is 7.29. The van der Waals surface area contributed by atoms with Gasteiger partial charge >= 0.3 is 5.97 Å². The van der Waals surface area contributed by atoms with Crippen molar-refractivity contribution < 1.29 is 34.1 Å². The lowest BCUT2D eigenvalue weighted by Gasteiger charge is -2.25. The quantitative estimate of drug-likeness (QED) is 0.211. The minimum absolute atomic E-state index is 0.0274. The average molecular weight is 502 g/mol. The van der Waals surface area contributed by atoms with E-state index in [9.17, 15) is 24.6 Å². The number of hydrogen-bond donors (Lipinski definition) is 2. The molecule has 3 aromatic carbocycles. The van der Waals surface area contributed by atoms with Crippen LogP contribution in [0.1, 0.15) is 46.9 Å². The summed E-state index contributed by atoms with van der Waals surface area (Å²) < 4.78 is 10.4. The van der Waals surface area contributed by atoms with Gasteiger partial charge in [-0.3, -0.25) is 9.59 Å². The van der Waals surface area contributed by atoms with Crippen molar-refractivity contribution in [1.82, 2.24) is 4.90 Å².